The van der Waals surface area contributed by atoms with Crippen molar-refractivity contribution in [1.82, 2.24) is 20.8 Å². The topological polar surface area (TPSA) is 97.1 Å². The molecule has 2 amide bonds. The maximum Gasteiger partial charge on any atom is 0.288 e. The number of aromatic nitrogens is 2. The summed E-state index contributed by atoms with van der Waals surface area (Å²) in [6.07, 6.45) is 0.836. The van der Waals surface area contributed by atoms with Gasteiger partial charge in [0.2, 0.25) is 5.91 Å². The van der Waals surface area contributed by atoms with Gasteiger partial charge in [0.05, 0.1) is 0 Å². The van der Waals surface area contributed by atoms with Crippen molar-refractivity contribution in [3.8, 4) is 0 Å². The third-order valence-corrected chi connectivity index (χ3v) is 6.04. The van der Waals surface area contributed by atoms with Gasteiger partial charge < -0.3 is 15.1 Å². The molecule has 2 aromatic heterocycles. The Kier molecular flexibility index (Phi) is 6.69. The molecule has 0 aliphatic heterocycles. The van der Waals surface area contributed by atoms with Crippen LogP contribution < -0.4 is 10.6 Å². The minimum atomic E-state index is -0.654. The second-order valence-corrected chi connectivity index (χ2v) is 8.67. The van der Waals surface area contributed by atoms with E-state index in [4.69, 9.17) is 4.42 Å². The molecule has 0 saturated heterocycles. The van der Waals surface area contributed by atoms with Crippen LogP contribution in [-0.4, -0.2) is 34.6 Å². The van der Waals surface area contributed by atoms with Gasteiger partial charge in [-0.1, -0.05) is 48.2 Å². The van der Waals surface area contributed by atoms with E-state index in [2.05, 4.69) is 20.8 Å². The van der Waals surface area contributed by atoms with Crippen LogP contribution in [0.3, 0.4) is 0 Å². The SMILES string of the molecule is CCCNC(=O)C(C)NC(=O)c1oc2ccccc2c1CSc1nnc(C)s1. The van der Waals surface area contributed by atoms with E-state index in [-0.39, 0.29) is 11.7 Å². The van der Waals surface area contributed by atoms with Crippen molar-refractivity contribution in [1.29, 1.82) is 0 Å². The van der Waals surface area contributed by atoms with E-state index in [9.17, 15) is 9.59 Å². The van der Waals surface area contributed by atoms with E-state index in [1.165, 1.54) is 23.1 Å². The number of benzene rings is 1. The van der Waals surface area contributed by atoms with Crippen LogP contribution >= 0.6 is 23.1 Å². The van der Waals surface area contributed by atoms with Crippen LogP contribution in [0.5, 0.6) is 0 Å². The zero-order chi connectivity index (χ0) is 20.1. The van der Waals surface area contributed by atoms with Crippen molar-refractivity contribution in [3.63, 3.8) is 0 Å². The molecule has 0 fully saturated rings. The number of carbonyl (C=O) groups excluding carboxylic acids is 2. The van der Waals surface area contributed by atoms with Crippen LogP contribution in [0.2, 0.25) is 0 Å². The van der Waals surface area contributed by atoms with Gasteiger partial charge in [0.25, 0.3) is 5.91 Å². The quantitative estimate of drug-likeness (QED) is 0.543. The van der Waals surface area contributed by atoms with Gasteiger partial charge in [-0.2, -0.15) is 0 Å². The first-order valence-electron chi connectivity index (χ1n) is 9.01. The number of nitrogens with zero attached hydrogens (tertiary/aromatic N) is 2. The molecule has 7 nitrogen and oxygen atoms in total. The average Bonchev–Trinajstić information content (AvgIpc) is 3.27. The molecule has 0 bridgehead atoms. The molecule has 2 N–H and O–H groups in total. The van der Waals surface area contributed by atoms with Crippen molar-refractivity contribution in [3.05, 3.63) is 40.6 Å². The first-order valence-corrected chi connectivity index (χ1v) is 10.8. The number of hydrogen-bond donors (Lipinski definition) is 2. The lowest BCUT2D eigenvalue weighted by atomic mass is 10.1. The number of carbonyl (C=O) groups is 2. The largest absolute Gasteiger partial charge is 0.451 e. The van der Waals surface area contributed by atoms with E-state index >= 15 is 0 Å². The third-order valence-electron chi connectivity index (χ3n) is 4.04. The number of nitrogens with one attached hydrogen (secondary N) is 2. The Morgan fingerprint density at radius 1 is 1.29 bits per heavy atom. The molecule has 0 radical (unpaired) electrons. The first-order chi connectivity index (χ1) is 13.5. The summed E-state index contributed by atoms with van der Waals surface area (Å²) in [5.41, 5.74) is 1.42. The molecule has 3 aromatic rings. The Bertz CT molecular complexity index is 983. The lowest BCUT2D eigenvalue weighted by Gasteiger charge is -2.13. The summed E-state index contributed by atoms with van der Waals surface area (Å²) in [7, 11) is 0. The Labute approximate surface area is 171 Å². The van der Waals surface area contributed by atoms with Gasteiger partial charge in [-0.3, -0.25) is 9.59 Å². The lowest BCUT2D eigenvalue weighted by Crippen LogP contribution is -2.45. The van der Waals surface area contributed by atoms with E-state index in [1.54, 1.807) is 6.92 Å². The van der Waals surface area contributed by atoms with E-state index in [0.29, 0.717) is 17.9 Å². The molecule has 0 spiro atoms. The molecule has 0 aliphatic carbocycles. The Morgan fingerprint density at radius 2 is 2.07 bits per heavy atom. The summed E-state index contributed by atoms with van der Waals surface area (Å²) in [6, 6.07) is 6.86. The van der Waals surface area contributed by atoms with Crippen LogP contribution in [0.1, 0.15) is 41.4 Å². The molecule has 9 heteroatoms. The third kappa shape index (κ3) is 4.71. The normalized spacial score (nSPS) is 12.1. The monoisotopic (exact) mass is 418 g/mol. The maximum atomic E-state index is 12.8. The summed E-state index contributed by atoms with van der Waals surface area (Å²) in [5.74, 6) is 0.126. The van der Waals surface area contributed by atoms with Crippen molar-refractivity contribution in [2.24, 2.45) is 0 Å². The minimum Gasteiger partial charge on any atom is -0.451 e. The van der Waals surface area contributed by atoms with Gasteiger partial charge in [-0.15, -0.1) is 10.2 Å². The van der Waals surface area contributed by atoms with Gasteiger partial charge in [0.15, 0.2) is 10.1 Å². The van der Waals surface area contributed by atoms with Crippen LogP contribution in [0.25, 0.3) is 11.0 Å². The summed E-state index contributed by atoms with van der Waals surface area (Å²) >= 11 is 3.02. The lowest BCUT2D eigenvalue weighted by molar-refractivity contribution is -0.122. The highest BCUT2D eigenvalue weighted by Crippen LogP contribution is 2.33. The number of thioether (sulfide) groups is 1. The highest BCUT2D eigenvalue weighted by Gasteiger charge is 2.24. The average molecular weight is 419 g/mol. The van der Waals surface area contributed by atoms with Crippen LogP contribution in [0.4, 0.5) is 0 Å². The predicted molar refractivity (Wildman–Crippen MR) is 111 cm³/mol. The standard InChI is InChI=1S/C19H22N4O3S2/c1-4-9-20-17(24)11(2)21-18(25)16-14(10-27-19-23-22-12(3)28-19)13-7-5-6-8-15(13)26-16/h5-8,11H,4,9-10H2,1-3H3,(H,20,24)(H,21,25). The van der Waals surface area contributed by atoms with Crippen LogP contribution in [0, 0.1) is 6.92 Å². The maximum absolute atomic E-state index is 12.8. The zero-order valence-electron chi connectivity index (χ0n) is 15.9. The molecule has 0 saturated carbocycles. The molecule has 148 valence electrons. The van der Waals surface area contributed by atoms with Crippen molar-refractivity contribution in [2.45, 2.75) is 43.3 Å². The second-order valence-electron chi connectivity index (χ2n) is 6.27. The fourth-order valence-corrected chi connectivity index (χ4v) is 4.47. The highest BCUT2D eigenvalue weighted by molar-refractivity contribution is 8.00. The Balaban J connectivity index is 1.81. The number of fused-ring (bicyclic) bond motifs is 1. The molecule has 2 heterocycles. The van der Waals surface area contributed by atoms with Gasteiger partial charge in [-0.05, 0) is 26.3 Å². The van der Waals surface area contributed by atoms with E-state index in [1.807, 2.05) is 38.1 Å². The molecule has 1 atom stereocenters. The number of furan rings is 1. The summed E-state index contributed by atoms with van der Waals surface area (Å²) in [5, 5.41) is 15.4. The second kappa shape index (κ2) is 9.20. The smallest absolute Gasteiger partial charge is 0.288 e. The summed E-state index contributed by atoms with van der Waals surface area (Å²) < 4.78 is 6.66. The number of aryl methyl sites for hydroxylation is 1. The van der Waals surface area contributed by atoms with Crippen molar-refractivity contribution >= 4 is 45.9 Å². The number of hydrogen-bond acceptors (Lipinski definition) is 7. The van der Waals surface area contributed by atoms with Gasteiger partial charge in [0, 0.05) is 23.2 Å². The molecule has 1 unspecified atom stereocenters. The molecule has 0 aliphatic rings. The van der Waals surface area contributed by atoms with Gasteiger partial charge in [-0.25, -0.2) is 0 Å². The summed E-state index contributed by atoms with van der Waals surface area (Å²) in [4.78, 5) is 24.9. The van der Waals surface area contributed by atoms with Crippen LogP contribution in [0.15, 0.2) is 33.0 Å². The van der Waals surface area contributed by atoms with Crippen LogP contribution in [-0.2, 0) is 10.5 Å². The Morgan fingerprint density at radius 3 is 2.79 bits per heavy atom. The van der Waals surface area contributed by atoms with Crippen molar-refractivity contribution in [2.75, 3.05) is 6.54 Å². The number of amides is 2. The Hall–Kier alpha value is -2.39. The molecule has 3 rings (SSSR count). The number of rotatable bonds is 8. The number of para-hydroxylation sites is 1. The first kappa shape index (κ1) is 20.3. The zero-order valence-corrected chi connectivity index (χ0v) is 17.6. The summed E-state index contributed by atoms with van der Waals surface area (Å²) in [6.45, 7) is 6.11. The van der Waals surface area contributed by atoms with Crippen molar-refractivity contribution < 1.29 is 14.0 Å². The fraction of sp³-hybridized carbons (Fsp3) is 0.368. The predicted octanol–water partition coefficient (Wildman–Crippen LogP) is 3.53. The minimum absolute atomic E-state index is 0.216. The highest BCUT2D eigenvalue weighted by atomic mass is 32.2. The molecule has 1 aromatic carbocycles. The molecular formula is C19H22N4O3S2. The van der Waals surface area contributed by atoms with Gasteiger partial charge in [0.1, 0.15) is 16.6 Å². The van der Waals surface area contributed by atoms with E-state index in [0.717, 1.165) is 26.7 Å². The van der Waals surface area contributed by atoms with Gasteiger partial charge >= 0.3 is 0 Å². The molecular weight excluding hydrogens is 396 g/mol. The molecule has 28 heavy (non-hydrogen) atoms. The fourth-order valence-electron chi connectivity index (χ4n) is 2.63. The van der Waals surface area contributed by atoms with E-state index < -0.39 is 11.9 Å².